The maximum Gasteiger partial charge on any atom is 0.252 e. The number of phenols is 1. The number of rotatable bonds is 2. The molecule has 1 saturated carbocycles. The first kappa shape index (κ1) is 11.1. The van der Waals surface area contributed by atoms with E-state index >= 15 is 0 Å². The molecule has 0 spiro atoms. The molecule has 0 aliphatic heterocycles. The number of aromatic hydroxyl groups is 1. The van der Waals surface area contributed by atoms with Crippen LogP contribution in [0.4, 0.5) is 8.78 Å². The molecule has 1 aliphatic rings. The van der Waals surface area contributed by atoms with Crippen molar-refractivity contribution in [3.05, 3.63) is 23.8 Å². The van der Waals surface area contributed by atoms with Crippen LogP contribution in [-0.4, -0.2) is 18.1 Å². The van der Waals surface area contributed by atoms with E-state index in [1.165, 1.54) is 25.3 Å². The average Bonchev–Trinajstić information content (AvgIpc) is 2.14. The van der Waals surface area contributed by atoms with Crippen LogP contribution in [-0.2, 0) is 5.54 Å². The number of benzene rings is 1. The summed E-state index contributed by atoms with van der Waals surface area (Å²) in [6.07, 6.45) is -0.776. The quantitative estimate of drug-likeness (QED) is 0.815. The van der Waals surface area contributed by atoms with Crippen LogP contribution in [0, 0.1) is 0 Å². The van der Waals surface area contributed by atoms with Gasteiger partial charge in [0.25, 0.3) is 5.92 Å². The Morgan fingerprint density at radius 1 is 1.38 bits per heavy atom. The van der Waals surface area contributed by atoms with Crippen LogP contribution in [0.25, 0.3) is 0 Å². The largest absolute Gasteiger partial charge is 0.508 e. The van der Waals surface area contributed by atoms with Gasteiger partial charge in [0.1, 0.15) is 11.5 Å². The molecule has 0 amide bonds. The molecule has 0 unspecified atom stereocenters. The highest BCUT2D eigenvalue weighted by Crippen LogP contribution is 2.52. The summed E-state index contributed by atoms with van der Waals surface area (Å²) in [6, 6.07) is 4.33. The van der Waals surface area contributed by atoms with Crippen LogP contribution in [0.5, 0.6) is 11.5 Å². The minimum absolute atomic E-state index is 0.0234. The first-order chi connectivity index (χ1) is 7.36. The van der Waals surface area contributed by atoms with Gasteiger partial charge in [-0.1, -0.05) is 0 Å². The molecule has 3 nitrogen and oxygen atoms in total. The molecule has 0 radical (unpaired) electrons. The second-order valence-electron chi connectivity index (χ2n) is 4.25. The van der Waals surface area contributed by atoms with Crippen LogP contribution in [0.1, 0.15) is 18.4 Å². The first-order valence-electron chi connectivity index (χ1n) is 4.90. The number of nitrogens with two attached hydrogens (primary N) is 1. The van der Waals surface area contributed by atoms with Crippen molar-refractivity contribution in [2.24, 2.45) is 5.73 Å². The van der Waals surface area contributed by atoms with E-state index in [1.807, 2.05) is 0 Å². The SMILES string of the molecule is COc1cc(O)ccc1C1(N)CC(F)(F)C1. The molecule has 1 aliphatic carbocycles. The fourth-order valence-electron chi connectivity index (χ4n) is 2.15. The first-order valence-corrected chi connectivity index (χ1v) is 4.90. The van der Waals surface area contributed by atoms with Gasteiger partial charge in [0.05, 0.1) is 12.6 Å². The molecule has 1 aromatic rings. The fourth-order valence-corrected chi connectivity index (χ4v) is 2.15. The van der Waals surface area contributed by atoms with Crippen LogP contribution >= 0.6 is 0 Å². The molecule has 0 bridgehead atoms. The average molecular weight is 229 g/mol. The molecule has 2 rings (SSSR count). The van der Waals surface area contributed by atoms with Crippen molar-refractivity contribution in [3.63, 3.8) is 0 Å². The topological polar surface area (TPSA) is 55.5 Å². The number of methoxy groups -OCH3 is 1. The number of phenolic OH excluding ortho intramolecular Hbond substituents is 1. The van der Waals surface area contributed by atoms with E-state index in [0.717, 1.165) is 0 Å². The molecule has 0 heterocycles. The van der Waals surface area contributed by atoms with Gasteiger partial charge in [-0.15, -0.1) is 0 Å². The van der Waals surface area contributed by atoms with Crippen molar-refractivity contribution in [1.29, 1.82) is 0 Å². The van der Waals surface area contributed by atoms with Crippen LogP contribution in [0.2, 0.25) is 0 Å². The Kier molecular flexibility index (Phi) is 2.31. The van der Waals surface area contributed by atoms with Gasteiger partial charge in [0.2, 0.25) is 0 Å². The summed E-state index contributed by atoms with van der Waals surface area (Å²) in [5.41, 5.74) is 5.34. The third-order valence-corrected chi connectivity index (χ3v) is 2.87. The highest BCUT2D eigenvalue weighted by atomic mass is 19.3. The van der Waals surface area contributed by atoms with Crippen LogP contribution in [0.3, 0.4) is 0 Å². The van der Waals surface area contributed by atoms with Gasteiger partial charge < -0.3 is 15.6 Å². The summed E-state index contributed by atoms with van der Waals surface area (Å²) in [6.45, 7) is 0. The van der Waals surface area contributed by atoms with Gasteiger partial charge in [-0.3, -0.25) is 0 Å². The molecule has 0 aromatic heterocycles. The summed E-state index contributed by atoms with van der Waals surface area (Å²) in [4.78, 5) is 0. The van der Waals surface area contributed by atoms with Crippen molar-refractivity contribution in [1.82, 2.24) is 0 Å². The predicted molar refractivity (Wildman–Crippen MR) is 54.7 cm³/mol. The smallest absolute Gasteiger partial charge is 0.252 e. The van der Waals surface area contributed by atoms with Gasteiger partial charge in [-0.2, -0.15) is 0 Å². The molecule has 0 saturated heterocycles. The summed E-state index contributed by atoms with van der Waals surface area (Å²) >= 11 is 0. The molecular formula is C11H13F2NO2. The Bertz CT molecular complexity index is 412. The Labute approximate surface area is 91.8 Å². The number of ether oxygens (including phenoxy) is 1. The van der Waals surface area contributed by atoms with E-state index in [2.05, 4.69) is 0 Å². The number of alkyl halides is 2. The molecule has 5 heteroatoms. The molecule has 16 heavy (non-hydrogen) atoms. The third-order valence-electron chi connectivity index (χ3n) is 2.87. The standard InChI is InChI=1S/C11H13F2NO2/c1-16-9-4-7(15)2-3-8(9)10(14)5-11(12,13)6-10/h2-4,15H,5-6,14H2,1H3. The number of hydrogen-bond donors (Lipinski definition) is 2. The third kappa shape index (κ3) is 1.71. The lowest BCUT2D eigenvalue weighted by atomic mass is 9.69. The molecule has 0 atom stereocenters. The molecular weight excluding hydrogens is 216 g/mol. The van der Waals surface area contributed by atoms with Gasteiger partial charge in [0, 0.05) is 24.5 Å². The Hall–Kier alpha value is -1.36. The summed E-state index contributed by atoms with van der Waals surface area (Å²) in [7, 11) is 1.42. The van der Waals surface area contributed by atoms with Gasteiger partial charge in [-0.25, -0.2) is 8.78 Å². The lowest BCUT2D eigenvalue weighted by Crippen LogP contribution is -2.55. The van der Waals surface area contributed by atoms with E-state index < -0.39 is 11.5 Å². The molecule has 3 N–H and O–H groups in total. The van der Waals surface area contributed by atoms with Crippen molar-refractivity contribution in [2.75, 3.05) is 7.11 Å². The molecule has 88 valence electrons. The highest BCUT2D eigenvalue weighted by molar-refractivity contribution is 5.45. The second-order valence-corrected chi connectivity index (χ2v) is 4.25. The second kappa shape index (κ2) is 3.31. The maximum absolute atomic E-state index is 12.9. The Balaban J connectivity index is 2.35. The van der Waals surface area contributed by atoms with E-state index in [1.54, 1.807) is 0 Å². The lowest BCUT2D eigenvalue weighted by molar-refractivity contribution is -0.125. The van der Waals surface area contributed by atoms with Gasteiger partial charge >= 0.3 is 0 Å². The minimum atomic E-state index is -2.70. The zero-order valence-electron chi connectivity index (χ0n) is 8.84. The van der Waals surface area contributed by atoms with Crippen molar-refractivity contribution in [3.8, 4) is 11.5 Å². The van der Waals surface area contributed by atoms with Gasteiger partial charge in [-0.05, 0) is 12.1 Å². The predicted octanol–water partition coefficient (Wildman–Crippen LogP) is 1.98. The van der Waals surface area contributed by atoms with Crippen LogP contribution in [0.15, 0.2) is 18.2 Å². The Morgan fingerprint density at radius 3 is 2.50 bits per heavy atom. The molecule has 1 fully saturated rings. The molecule has 1 aromatic carbocycles. The number of halogens is 2. The van der Waals surface area contributed by atoms with E-state index in [0.29, 0.717) is 11.3 Å². The number of hydrogen-bond acceptors (Lipinski definition) is 3. The van der Waals surface area contributed by atoms with Gasteiger partial charge in [0.15, 0.2) is 0 Å². The minimum Gasteiger partial charge on any atom is -0.508 e. The summed E-state index contributed by atoms with van der Waals surface area (Å²) in [5.74, 6) is -2.33. The normalized spacial score (nSPS) is 21.2. The zero-order chi connectivity index (χ0) is 12.0. The van der Waals surface area contributed by atoms with Crippen LogP contribution < -0.4 is 10.5 Å². The zero-order valence-corrected chi connectivity index (χ0v) is 8.84. The maximum atomic E-state index is 12.9. The lowest BCUT2D eigenvalue weighted by Gasteiger charge is -2.45. The Morgan fingerprint density at radius 2 is 2.00 bits per heavy atom. The monoisotopic (exact) mass is 229 g/mol. The summed E-state index contributed by atoms with van der Waals surface area (Å²) < 4.78 is 30.8. The van der Waals surface area contributed by atoms with Crippen molar-refractivity contribution in [2.45, 2.75) is 24.3 Å². The van der Waals surface area contributed by atoms with Crippen molar-refractivity contribution < 1.29 is 18.6 Å². The fraction of sp³-hybridized carbons (Fsp3) is 0.455. The van der Waals surface area contributed by atoms with E-state index in [4.69, 9.17) is 10.5 Å². The summed E-state index contributed by atoms with van der Waals surface area (Å²) in [5, 5.41) is 9.26. The van der Waals surface area contributed by atoms with Crippen molar-refractivity contribution >= 4 is 0 Å². The van der Waals surface area contributed by atoms with E-state index in [9.17, 15) is 13.9 Å². The van der Waals surface area contributed by atoms with E-state index in [-0.39, 0.29) is 18.6 Å². The highest BCUT2D eigenvalue weighted by Gasteiger charge is 2.56.